The molecule has 2 nitrogen and oxygen atoms in total. The molecule has 144 valence electrons. The molecule has 0 saturated heterocycles. The molecule has 1 aliphatic rings. The van der Waals surface area contributed by atoms with E-state index in [0.717, 1.165) is 35.3 Å². The van der Waals surface area contributed by atoms with E-state index in [1.54, 1.807) is 18.2 Å². The van der Waals surface area contributed by atoms with Crippen LogP contribution in [0.4, 0.5) is 18.9 Å². The van der Waals surface area contributed by atoms with E-state index < -0.39 is 12.1 Å². The number of nitrogens with zero attached hydrogens (tertiary/aromatic N) is 1. The van der Waals surface area contributed by atoms with Crippen LogP contribution in [0.15, 0.2) is 66.2 Å². The first-order chi connectivity index (χ1) is 13.4. The molecular weight excluding hydrogens is 363 g/mol. The summed E-state index contributed by atoms with van der Waals surface area (Å²) in [4.78, 5) is 13.0. The van der Waals surface area contributed by atoms with Gasteiger partial charge >= 0.3 is 12.1 Å². The van der Waals surface area contributed by atoms with E-state index in [1.807, 2.05) is 36.4 Å². The van der Waals surface area contributed by atoms with E-state index in [1.165, 1.54) is 6.07 Å². The highest BCUT2D eigenvalue weighted by atomic mass is 19.4. The van der Waals surface area contributed by atoms with E-state index in [9.17, 15) is 18.0 Å². The van der Waals surface area contributed by atoms with Gasteiger partial charge in [0.1, 0.15) is 0 Å². The van der Waals surface area contributed by atoms with Crippen molar-refractivity contribution in [1.29, 1.82) is 0 Å². The van der Waals surface area contributed by atoms with Crippen LogP contribution in [0.25, 0.3) is 0 Å². The molecule has 1 amide bonds. The number of anilines is 1. The summed E-state index contributed by atoms with van der Waals surface area (Å²) in [6.45, 7) is -0.0671. The van der Waals surface area contributed by atoms with Gasteiger partial charge in [0.2, 0.25) is 0 Å². The van der Waals surface area contributed by atoms with Gasteiger partial charge in [-0.2, -0.15) is 13.2 Å². The van der Waals surface area contributed by atoms with Crippen LogP contribution >= 0.6 is 0 Å². The molecule has 0 saturated carbocycles. The lowest BCUT2D eigenvalue weighted by Crippen LogP contribution is -2.42. The third-order valence-corrected chi connectivity index (χ3v) is 4.54. The van der Waals surface area contributed by atoms with Gasteiger partial charge in [0.25, 0.3) is 0 Å². The SMILES string of the molecule is O=C(N(CC1=CCCCC1)c1ccccc1C#Cc1ccccc1)C(F)(F)F. The highest BCUT2D eigenvalue weighted by molar-refractivity contribution is 5.98. The molecule has 1 aliphatic carbocycles. The molecule has 0 aromatic heterocycles. The van der Waals surface area contributed by atoms with E-state index in [0.29, 0.717) is 12.0 Å². The average Bonchev–Trinajstić information content (AvgIpc) is 2.71. The smallest absolute Gasteiger partial charge is 0.299 e. The van der Waals surface area contributed by atoms with Crippen molar-refractivity contribution < 1.29 is 18.0 Å². The quantitative estimate of drug-likeness (QED) is 0.508. The fraction of sp³-hybridized carbons (Fsp3) is 0.261. The second-order valence-corrected chi connectivity index (χ2v) is 6.63. The molecule has 0 radical (unpaired) electrons. The van der Waals surface area contributed by atoms with Crippen molar-refractivity contribution in [3.63, 3.8) is 0 Å². The molecule has 0 fully saturated rings. The maximum Gasteiger partial charge on any atom is 0.471 e. The second kappa shape index (κ2) is 8.79. The minimum absolute atomic E-state index is 0.0671. The van der Waals surface area contributed by atoms with Crippen LogP contribution in [-0.2, 0) is 4.79 Å². The van der Waals surface area contributed by atoms with Crippen molar-refractivity contribution in [2.24, 2.45) is 0 Å². The average molecular weight is 383 g/mol. The molecule has 28 heavy (non-hydrogen) atoms. The fourth-order valence-electron chi connectivity index (χ4n) is 3.15. The Labute approximate surface area is 162 Å². The van der Waals surface area contributed by atoms with Gasteiger partial charge in [0.15, 0.2) is 0 Å². The zero-order valence-electron chi connectivity index (χ0n) is 15.3. The number of carbonyl (C=O) groups is 1. The van der Waals surface area contributed by atoms with Crippen LogP contribution in [0.5, 0.6) is 0 Å². The predicted octanol–water partition coefficient (Wildman–Crippen LogP) is 5.48. The summed E-state index contributed by atoms with van der Waals surface area (Å²) >= 11 is 0. The van der Waals surface area contributed by atoms with E-state index in [2.05, 4.69) is 11.8 Å². The number of hydrogen-bond acceptors (Lipinski definition) is 1. The highest BCUT2D eigenvalue weighted by Gasteiger charge is 2.43. The maximum absolute atomic E-state index is 13.3. The van der Waals surface area contributed by atoms with Crippen molar-refractivity contribution in [1.82, 2.24) is 0 Å². The largest absolute Gasteiger partial charge is 0.471 e. The lowest BCUT2D eigenvalue weighted by molar-refractivity contribution is -0.170. The Balaban J connectivity index is 1.99. The number of rotatable bonds is 3. The summed E-state index contributed by atoms with van der Waals surface area (Å²) in [6.07, 6.45) is 0.483. The Bertz CT molecular complexity index is 920. The zero-order valence-corrected chi connectivity index (χ0v) is 15.3. The number of allylic oxidation sites excluding steroid dienone is 1. The number of carbonyl (C=O) groups excluding carboxylic acids is 1. The summed E-state index contributed by atoms with van der Waals surface area (Å²) in [6, 6.07) is 15.7. The molecule has 0 bridgehead atoms. The molecule has 0 atom stereocenters. The van der Waals surface area contributed by atoms with Crippen molar-refractivity contribution in [3.8, 4) is 11.8 Å². The van der Waals surface area contributed by atoms with E-state index >= 15 is 0 Å². The highest BCUT2D eigenvalue weighted by Crippen LogP contribution is 2.29. The maximum atomic E-state index is 13.3. The Kier molecular flexibility index (Phi) is 6.20. The van der Waals surface area contributed by atoms with Crippen molar-refractivity contribution in [3.05, 3.63) is 77.4 Å². The standard InChI is InChI=1S/C23H20F3NO/c24-23(25,26)22(28)27(17-19-11-5-2-6-12-19)21-14-8-7-13-20(21)16-15-18-9-3-1-4-10-18/h1,3-4,7-11,13-14H,2,5-6,12,17H2. The van der Waals surface area contributed by atoms with Gasteiger partial charge in [-0.05, 0) is 49.9 Å². The number of benzene rings is 2. The molecule has 0 aliphatic heterocycles. The number of alkyl halides is 3. The lowest BCUT2D eigenvalue weighted by Gasteiger charge is -2.27. The van der Waals surface area contributed by atoms with Gasteiger partial charge < -0.3 is 0 Å². The van der Waals surface area contributed by atoms with Crippen LogP contribution in [0.3, 0.4) is 0 Å². The van der Waals surface area contributed by atoms with Gasteiger partial charge in [-0.25, -0.2) is 0 Å². The topological polar surface area (TPSA) is 20.3 Å². The number of halogens is 3. The minimum atomic E-state index is -4.95. The second-order valence-electron chi connectivity index (χ2n) is 6.63. The van der Waals surface area contributed by atoms with Crippen molar-refractivity contribution in [2.45, 2.75) is 31.9 Å². The van der Waals surface area contributed by atoms with Crippen molar-refractivity contribution in [2.75, 3.05) is 11.4 Å². The molecule has 5 heteroatoms. The summed E-state index contributed by atoms with van der Waals surface area (Å²) in [7, 11) is 0. The number of hydrogen-bond donors (Lipinski definition) is 0. The third kappa shape index (κ3) is 5.04. The van der Waals surface area contributed by atoms with Crippen LogP contribution in [-0.4, -0.2) is 18.6 Å². The van der Waals surface area contributed by atoms with E-state index in [-0.39, 0.29) is 12.2 Å². The van der Waals surface area contributed by atoms with Gasteiger partial charge in [-0.15, -0.1) is 0 Å². The Morgan fingerprint density at radius 2 is 1.68 bits per heavy atom. The summed E-state index contributed by atoms with van der Waals surface area (Å²) in [5.41, 5.74) is 2.18. The van der Waals surface area contributed by atoms with E-state index in [4.69, 9.17) is 0 Å². The molecule has 0 spiro atoms. The summed E-state index contributed by atoms with van der Waals surface area (Å²) in [5, 5.41) is 0. The van der Waals surface area contributed by atoms with Crippen LogP contribution in [0.1, 0.15) is 36.8 Å². The third-order valence-electron chi connectivity index (χ3n) is 4.54. The molecule has 0 heterocycles. The molecule has 2 aromatic rings. The van der Waals surface area contributed by atoms with Gasteiger partial charge in [0, 0.05) is 17.7 Å². The van der Waals surface area contributed by atoms with Gasteiger partial charge in [-0.1, -0.05) is 53.8 Å². The lowest BCUT2D eigenvalue weighted by atomic mass is 9.98. The fourth-order valence-corrected chi connectivity index (χ4v) is 3.15. The first-order valence-electron chi connectivity index (χ1n) is 9.18. The van der Waals surface area contributed by atoms with Crippen molar-refractivity contribution >= 4 is 11.6 Å². The zero-order chi connectivity index (χ0) is 20.0. The molecule has 3 rings (SSSR count). The normalized spacial score (nSPS) is 13.9. The van der Waals surface area contributed by atoms with Gasteiger partial charge in [0.05, 0.1) is 5.69 Å². The predicted molar refractivity (Wildman–Crippen MR) is 104 cm³/mol. The molecule has 2 aromatic carbocycles. The molecule has 0 N–H and O–H groups in total. The summed E-state index contributed by atoms with van der Waals surface area (Å²) < 4.78 is 39.8. The summed E-state index contributed by atoms with van der Waals surface area (Å²) in [5.74, 6) is 4.01. The van der Waals surface area contributed by atoms with Crippen LogP contribution in [0, 0.1) is 11.8 Å². The Hall–Kier alpha value is -3.00. The van der Waals surface area contributed by atoms with Crippen LogP contribution < -0.4 is 4.90 Å². The first-order valence-corrected chi connectivity index (χ1v) is 9.18. The number of para-hydroxylation sites is 1. The monoisotopic (exact) mass is 383 g/mol. The first kappa shape index (κ1) is 19.8. The van der Waals surface area contributed by atoms with Gasteiger partial charge in [-0.3, -0.25) is 9.69 Å². The Morgan fingerprint density at radius 1 is 0.964 bits per heavy atom. The number of amides is 1. The van der Waals surface area contributed by atoms with Crippen LogP contribution in [0.2, 0.25) is 0 Å². The Morgan fingerprint density at radius 3 is 2.36 bits per heavy atom. The molecular formula is C23H20F3NO. The molecule has 0 unspecified atom stereocenters. The minimum Gasteiger partial charge on any atom is -0.299 e.